The maximum absolute atomic E-state index is 12.1. The highest BCUT2D eigenvalue weighted by Gasteiger charge is 2.30. The van der Waals surface area contributed by atoms with Gasteiger partial charge in [0.05, 0.1) is 5.56 Å². The van der Waals surface area contributed by atoms with Crippen molar-refractivity contribution in [1.82, 2.24) is 15.1 Å². The molecule has 1 rings (SSSR count). The van der Waals surface area contributed by atoms with Gasteiger partial charge in [-0.05, 0) is 0 Å². The molecular weight excluding hydrogens is 241 g/mol. The van der Waals surface area contributed by atoms with E-state index in [2.05, 4.69) is 10.4 Å². The van der Waals surface area contributed by atoms with Crippen LogP contribution in [0.25, 0.3) is 0 Å². The highest BCUT2D eigenvalue weighted by atomic mass is 19.4. The van der Waals surface area contributed by atoms with Crippen LogP contribution in [0.3, 0.4) is 0 Å². The number of hydrogen-bond acceptors (Lipinski definition) is 3. The smallest absolute Gasteiger partial charge is 0.365 e. The van der Waals surface area contributed by atoms with E-state index in [9.17, 15) is 22.8 Å². The Kier molecular flexibility index (Phi) is 3.39. The van der Waals surface area contributed by atoms with Crippen molar-refractivity contribution in [2.45, 2.75) is 12.7 Å². The van der Waals surface area contributed by atoms with Gasteiger partial charge in [0.2, 0.25) is 0 Å². The van der Waals surface area contributed by atoms with Crippen molar-refractivity contribution in [2.24, 2.45) is 5.73 Å². The zero-order chi connectivity index (χ0) is 13.2. The maximum Gasteiger partial charge on any atom is 0.408 e. The molecule has 0 atom stereocenters. The fourth-order valence-corrected chi connectivity index (χ4v) is 1.15. The van der Waals surface area contributed by atoms with Gasteiger partial charge in [-0.2, -0.15) is 18.3 Å². The summed E-state index contributed by atoms with van der Waals surface area (Å²) in [6.07, 6.45) is -3.71. The van der Waals surface area contributed by atoms with Gasteiger partial charge < -0.3 is 11.1 Å². The molecule has 6 nitrogen and oxygen atoms in total. The lowest BCUT2D eigenvalue weighted by molar-refractivity contribution is -0.142. The van der Waals surface area contributed by atoms with E-state index in [-0.39, 0.29) is 5.56 Å². The Bertz CT molecular complexity index is 452. The summed E-state index contributed by atoms with van der Waals surface area (Å²) >= 11 is 0. The summed E-state index contributed by atoms with van der Waals surface area (Å²) < 4.78 is 36.7. The number of nitrogens with two attached hydrogens (primary N) is 1. The maximum atomic E-state index is 12.1. The van der Waals surface area contributed by atoms with Crippen LogP contribution in [0.1, 0.15) is 20.8 Å². The molecule has 9 heteroatoms. The van der Waals surface area contributed by atoms with Gasteiger partial charge in [-0.25, -0.2) is 0 Å². The number of halogens is 3. The molecule has 2 amide bonds. The number of aromatic nitrogens is 2. The molecule has 0 spiro atoms. The third kappa shape index (κ3) is 3.20. The van der Waals surface area contributed by atoms with Gasteiger partial charge in [-0.15, -0.1) is 0 Å². The number of hydrogen-bond donors (Lipinski definition) is 2. The monoisotopic (exact) mass is 250 g/mol. The summed E-state index contributed by atoms with van der Waals surface area (Å²) in [5, 5.41) is 5.52. The highest BCUT2D eigenvalue weighted by Crippen LogP contribution is 2.18. The molecule has 1 heterocycles. The fourth-order valence-electron chi connectivity index (χ4n) is 1.15. The molecule has 0 aromatic carbocycles. The van der Waals surface area contributed by atoms with Crippen molar-refractivity contribution in [1.29, 1.82) is 0 Å². The minimum atomic E-state index is -4.50. The largest absolute Gasteiger partial charge is 0.408 e. The number of primary amides is 1. The van der Waals surface area contributed by atoms with Crippen molar-refractivity contribution >= 4 is 11.8 Å². The minimum Gasteiger partial charge on any atom is -0.365 e. The third-order valence-electron chi connectivity index (χ3n) is 1.81. The van der Waals surface area contributed by atoms with Crippen LogP contribution in [0.4, 0.5) is 13.2 Å². The molecule has 0 unspecified atom stereocenters. The van der Waals surface area contributed by atoms with Crippen LogP contribution in [0.2, 0.25) is 0 Å². The Hall–Kier alpha value is -2.06. The van der Waals surface area contributed by atoms with E-state index in [1.807, 2.05) is 0 Å². The lowest BCUT2D eigenvalue weighted by atomic mass is 10.2. The first kappa shape index (κ1) is 13.0. The molecule has 94 valence electrons. The van der Waals surface area contributed by atoms with E-state index in [1.165, 1.54) is 7.05 Å². The van der Waals surface area contributed by atoms with Crippen molar-refractivity contribution in [3.05, 3.63) is 17.5 Å². The molecule has 0 radical (unpaired) electrons. The van der Waals surface area contributed by atoms with E-state index in [1.54, 1.807) is 0 Å². The van der Waals surface area contributed by atoms with Gasteiger partial charge in [0.15, 0.2) is 5.69 Å². The Morgan fingerprint density at radius 3 is 2.53 bits per heavy atom. The molecule has 0 saturated carbocycles. The number of nitrogens with zero attached hydrogens (tertiary/aromatic N) is 2. The molecule has 1 aromatic heterocycles. The first-order valence-corrected chi connectivity index (χ1v) is 4.40. The third-order valence-corrected chi connectivity index (χ3v) is 1.81. The van der Waals surface area contributed by atoms with E-state index in [4.69, 9.17) is 5.73 Å². The Morgan fingerprint density at radius 1 is 1.53 bits per heavy atom. The average molecular weight is 250 g/mol. The standard InChI is InChI=1S/C8H9F3N4O2/c1-13-7(17)5-4(6(12)16)2-15(14-5)3-8(9,10)11/h2H,3H2,1H3,(H2,12,16)(H,13,17). The van der Waals surface area contributed by atoms with Crippen LogP contribution in [0, 0.1) is 0 Å². The molecular formula is C8H9F3N4O2. The van der Waals surface area contributed by atoms with Crippen molar-refractivity contribution < 1.29 is 22.8 Å². The summed E-state index contributed by atoms with van der Waals surface area (Å²) in [6, 6.07) is 0. The number of nitrogens with one attached hydrogen (secondary N) is 1. The zero-order valence-corrected chi connectivity index (χ0v) is 8.71. The molecule has 0 bridgehead atoms. The second-order valence-electron chi connectivity index (χ2n) is 3.15. The van der Waals surface area contributed by atoms with Crippen LogP contribution in [-0.4, -0.2) is 34.8 Å². The Balaban J connectivity index is 3.13. The first-order valence-electron chi connectivity index (χ1n) is 4.40. The summed E-state index contributed by atoms with van der Waals surface area (Å²) in [5.41, 5.74) is 4.15. The SMILES string of the molecule is CNC(=O)c1nn(CC(F)(F)F)cc1C(N)=O. The van der Waals surface area contributed by atoms with Crippen molar-refractivity contribution in [3.63, 3.8) is 0 Å². The lowest BCUT2D eigenvalue weighted by Gasteiger charge is -2.05. The molecule has 1 aromatic rings. The number of rotatable bonds is 3. The molecule has 17 heavy (non-hydrogen) atoms. The predicted molar refractivity (Wildman–Crippen MR) is 50.2 cm³/mol. The van der Waals surface area contributed by atoms with Crippen LogP contribution >= 0.6 is 0 Å². The fraction of sp³-hybridized carbons (Fsp3) is 0.375. The topological polar surface area (TPSA) is 90.0 Å². The molecule has 0 aliphatic rings. The summed E-state index contributed by atoms with van der Waals surface area (Å²) in [6.45, 7) is -1.40. The highest BCUT2D eigenvalue weighted by molar-refractivity contribution is 6.05. The zero-order valence-electron chi connectivity index (χ0n) is 8.71. The molecule has 0 aliphatic heterocycles. The lowest BCUT2D eigenvalue weighted by Crippen LogP contribution is -2.23. The van der Waals surface area contributed by atoms with Crippen LogP contribution in [0.5, 0.6) is 0 Å². The second kappa shape index (κ2) is 4.44. The van der Waals surface area contributed by atoms with Gasteiger partial charge in [-0.3, -0.25) is 14.3 Å². The van der Waals surface area contributed by atoms with E-state index >= 15 is 0 Å². The van der Waals surface area contributed by atoms with Crippen molar-refractivity contribution in [3.8, 4) is 0 Å². The predicted octanol–water partition coefficient (Wildman–Crippen LogP) is -0.0961. The molecule has 3 N–H and O–H groups in total. The van der Waals surface area contributed by atoms with E-state index in [0.29, 0.717) is 4.68 Å². The van der Waals surface area contributed by atoms with Crippen LogP contribution in [-0.2, 0) is 6.54 Å². The molecule has 0 saturated heterocycles. The molecule has 0 aliphatic carbocycles. The number of amides is 2. The first-order chi connectivity index (χ1) is 7.74. The summed E-state index contributed by atoms with van der Waals surface area (Å²) in [4.78, 5) is 22.2. The normalized spacial score (nSPS) is 11.3. The Morgan fingerprint density at radius 2 is 2.12 bits per heavy atom. The van der Waals surface area contributed by atoms with E-state index < -0.39 is 30.2 Å². The number of carbonyl (C=O) groups excluding carboxylic acids is 2. The quantitative estimate of drug-likeness (QED) is 0.785. The summed E-state index contributed by atoms with van der Waals surface area (Å²) in [5.74, 6) is -1.79. The van der Waals surface area contributed by atoms with Crippen LogP contribution < -0.4 is 11.1 Å². The van der Waals surface area contributed by atoms with Crippen LogP contribution in [0.15, 0.2) is 6.20 Å². The van der Waals surface area contributed by atoms with Gasteiger partial charge in [0.1, 0.15) is 6.54 Å². The van der Waals surface area contributed by atoms with Gasteiger partial charge in [-0.1, -0.05) is 0 Å². The van der Waals surface area contributed by atoms with Crippen molar-refractivity contribution in [2.75, 3.05) is 7.05 Å². The second-order valence-corrected chi connectivity index (χ2v) is 3.15. The van der Waals surface area contributed by atoms with Gasteiger partial charge in [0, 0.05) is 13.2 Å². The van der Waals surface area contributed by atoms with Gasteiger partial charge in [0.25, 0.3) is 11.8 Å². The number of carbonyl (C=O) groups is 2. The minimum absolute atomic E-state index is 0.353. The molecule has 0 fully saturated rings. The Labute approximate surface area is 93.6 Å². The summed E-state index contributed by atoms with van der Waals surface area (Å²) in [7, 11) is 1.26. The van der Waals surface area contributed by atoms with Gasteiger partial charge >= 0.3 is 6.18 Å². The average Bonchev–Trinajstić information content (AvgIpc) is 2.57. The number of alkyl halides is 3. The van der Waals surface area contributed by atoms with E-state index in [0.717, 1.165) is 6.20 Å².